The molecule has 1 aromatic carbocycles. The van der Waals surface area contributed by atoms with Crippen LogP contribution < -0.4 is 0 Å². The molecule has 5 heteroatoms. The summed E-state index contributed by atoms with van der Waals surface area (Å²) >= 11 is 23.7. The first-order chi connectivity index (χ1) is 8.06. The van der Waals surface area contributed by atoms with Crippen molar-refractivity contribution in [1.29, 1.82) is 0 Å². The molecule has 0 radical (unpaired) electrons. The van der Waals surface area contributed by atoms with Crippen LogP contribution in [0.15, 0.2) is 30.3 Å². The molecule has 88 valence electrons. The second-order valence-corrected chi connectivity index (χ2v) is 5.09. The van der Waals surface area contributed by atoms with E-state index in [4.69, 9.17) is 46.4 Å². The maximum absolute atomic E-state index is 6.08. The molecule has 0 bridgehead atoms. The molecule has 2 aromatic rings. The Morgan fingerprint density at radius 3 is 2.35 bits per heavy atom. The average molecular weight is 307 g/mol. The van der Waals surface area contributed by atoms with Gasteiger partial charge in [-0.2, -0.15) is 0 Å². The highest BCUT2D eigenvalue weighted by molar-refractivity contribution is 6.34. The highest BCUT2D eigenvalue weighted by atomic mass is 35.5. The van der Waals surface area contributed by atoms with Crippen LogP contribution in [-0.2, 0) is 6.42 Å². The van der Waals surface area contributed by atoms with Crippen molar-refractivity contribution in [2.24, 2.45) is 0 Å². The van der Waals surface area contributed by atoms with Gasteiger partial charge in [0, 0.05) is 16.5 Å². The number of aromatic nitrogens is 1. The smallest absolute Gasteiger partial charge is 0.134 e. The Balaban J connectivity index is 2.34. The zero-order chi connectivity index (χ0) is 12.4. The molecule has 0 aliphatic heterocycles. The lowest BCUT2D eigenvalue weighted by atomic mass is 10.1. The van der Waals surface area contributed by atoms with Gasteiger partial charge in [0.1, 0.15) is 10.3 Å². The van der Waals surface area contributed by atoms with Crippen LogP contribution in [0.5, 0.6) is 0 Å². The molecule has 2 rings (SSSR count). The third-order valence-corrected chi connectivity index (χ3v) is 3.42. The lowest BCUT2D eigenvalue weighted by Gasteiger charge is -2.06. The number of pyridine rings is 1. The van der Waals surface area contributed by atoms with Gasteiger partial charge < -0.3 is 0 Å². The van der Waals surface area contributed by atoms with E-state index in [-0.39, 0.29) is 0 Å². The molecule has 0 atom stereocenters. The Hall–Kier alpha value is -0.470. The Morgan fingerprint density at radius 1 is 0.882 bits per heavy atom. The van der Waals surface area contributed by atoms with Crippen LogP contribution in [0.3, 0.4) is 0 Å². The Labute approximate surface area is 119 Å². The maximum Gasteiger partial charge on any atom is 0.134 e. The van der Waals surface area contributed by atoms with E-state index in [0.29, 0.717) is 26.8 Å². The van der Waals surface area contributed by atoms with Crippen molar-refractivity contribution in [3.8, 4) is 0 Å². The number of nitrogens with zero attached hydrogens (tertiary/aromatic N) is 1. The van der Waals surface area contributed by atoms with Crippen molar-refractivity contribution in [3.63, 3.8) is 0 Å². The van der Waals surface area contributed by atoms with Gasteiger partial charge in [0.25, 0.3) is 0 Å². The van der Waals surface area contributed by atoms with E-state index in [1.54, 1.807) is 18.2 Å². The standard InChI is InChI=1S/C12H7Cl4N/c13-9-2-3-10(14)8(6-9)5-7-1-4-11(15)17-12(7)16/h1-4,6H,5H2. The summed E-state index contributed by atoms with van der Waals surface area (Å²) in [5.41, 5.74) is 1.77. The van der Waals surface area contributed by atoms with Crippen LogP contribution in [0.2, 0.25) is 20.4 Å². The van der Waals surface area contributed by atoms with Crippen LogP contribution in [0.25, 0.3) is 0 Å². The molecule has 0 aliphatic rings. The first-order valence-electron chi connectivity index (χ1n) is 4.81. The SMILES string of the molecule is Clc1ccc(Cl)c(Cc2ccc(Cl)nc2Cl)c1. The van der Waals surface area contributed by atoms with Crippen LogP contribution in [-0.4, -0.2) is 4.98 Å². The number of benzene rings is 1. The molecule has 0 saturated carbocycles. The molecule has 0 unspecified atom stereocenters. The Morgan fingerprint density at radius 2 is 1.65 bits per heavy atom. The van der Waals surface area contributed by atoms with E-state index in [0.717, 1.165) is 11.1 Å². The summed E-state index contributed by atoms with van der Waals surface area (Å²) in [7, 11) is 0. The first kappa shape index (κ1) is 13.0. The zero-order valence-corrected chi connectivity index (χ0v) is 11.6. The normalized spacial score (nSPS) is 10.6. The summed E-state index contributed by atoms with van der Waals surface area (Å²) in [5, 5.41) is 2.05. The summed E-state index contributed by atoms with van der Waals surface area (Å²) in [6.45, 7) is 0. The van der Waals surface area contributed by atoms with Gasteiger partial charge in [0.15, 0.2) is 0 Å². The molecule has 0 spiro atoms. The zero-order valence-electron chi connectivity index (χ0n) is 8.55. The summed E-state index contributed by atoms with van der Waals surface area (Å²) in [5.74, 6) is 0. The third-order valence-electron chi connectivity index (χ3n) is 2.28. The monoisotopic (exact) mass is 305 g/mol. The highest BCUT2D eigenvalue weighted by Crippen LogP contribution is 2.26. The molecular formula is C12H7Cl4N. The van der Waals surface area contributed by atoms with Crippen LogP contribution in [0, 0.1) is 0 Å². The third kappa shape index (κ3) is 3.26. The minimum Gasteiger partial charge on any atom is -0.224 e. The minimum atomic E-state index is 0.371. The largest absolute Gasteiger partial charge is 0.224 e. The Kier molecular flexibility index (Phi) is 4.16. The molecule has 17 heavy (non-hydrogen) atoms. The highest BCUT2D eigenvalue weighted by Gasteiger charge is 2.07. The summed E-state index contributed by atoms with van der Waals surface area (Å²) in [6.07, 6.45) is 0.572. The number of hydrogen-bond acceptors (Lipinski definition) is 1. The maximum atomic E-state index is 6.08. The van der Waals surface area contributed by atoms with Gasteiger partial charge in [0.2, 0.25) is 0 Å². The van der Waals surface area contributed by atoms with Gasteiger partial charge in [-0.25, -0.2) is 4.98 Å². The minimum absolute atomic E-state index is 0.371. The molecule has 1 nitrogen and oxygen atoms in total. The van der Waals surface area contributed by atoms with E-state index in [2.05, 4.69) is 4.98 Å². The lowest BCUT2D eigenvalue weighted by molar-refractivity contribution is 1.15. The predicted molar refractivity (Wildman–Crippen MR) is 73.5 cm³/mol. The van der Waals surface area contributed by atoms with E-state index in [1.807, 2.05) is 12.1 Å². The van der Waals surface area contributed by atoms with E-state index in [1.165, 1.54) is 0 Å². The van der Waals surface area contributed by atoms with Gasteiger partial charge in [-0.3, -0.25) is 0 Å². The molecule has 1 heterocycles. The lowest BCUT2D eigenvalue weighted by Crippen LogP contribution is -1.93. The van der Waals surface area contributed by atoms with Crippen LogP contribution in [0.4, 0.5) is 0 Å². The summed E-state index contributed by atoms with van der Waals surface area (Å²) in [6, 6.07) is 8.84. The molecular weight excluding hydrogens is 300 g/mol. The number of hydrogen-bond donors (Lipinski definition) is 0. The fraction of sp³-hybridized carbons (Fsp3) is 0.0833. The van der Waals surface area contributed by atoms with Gasteiger partial charge in [-0.1, -0.05) is 52.5 Å². The summed E-state index contributed by atoms with van der Waals surface area (Å²) in [4.78, 5) is 3.98. The number of halogens is 4. The second kappa shape index (κ2) is 5.45. The van der Waals surface area contributed by atoms with E-state index >= 15 is 0 Å². The van der Waals surface area contributed by atoms with Gasteiger partial charge in [0.05, 0.1) is 0 Å². The molecule has 0 saturated heterocycles. The van der Waals surface area contributed by atoms with Gasteiger partial charge in [-0.05, 0) is 35.4 Å². The van der Waals surface area contributed by atoms with E-state index in [9.17, 15) is 0 Å². The number of rotatable bonds is 2. The fourth-order valence-electron chi connectivity index (χ4n) is 1.46. The molecule has 0 fully saturated rings. The van der Waals surface area contributed by atoms with E-state index < -0.39 is 0 Å². The molecule has 1 aromatic heterocycles. The molecule has 0 N–H and O–H groups in total. The molecule has 0 aliphatic carbocycles. The Bertz CT molecular complexity index is 554. The fourth-order valence-corrected chi connectivity index (χ4v) is 2.25. The topological polar surface area (TPSA) is 12.9 Å². The van der Waals surface area contributed by atoms with Crippen molar-refractivity contribution in [3.05, 3.63) is 61.8 Å². The van der Waals surface area contributed by atoms with Gasteiger partial charge in [-0.15, -0.1) is 0 Å². The average Bonchev–Trinajstić information content (AvgIpc) is 2.27. The van der Waals surface area contributed by atoms with Crippen molar-refractivity contribution >= 4 is 46.4 Å². The second-order valence-electron chi connectivity index (χ2n) is 3.50. The van der Waals surface area contributed by atoms with Crippen molar-refractivity contribution in [2.75, 3.05) is 0 Å². The predicted octanol–water partition coefficient (Wildman–Crippen LogP) is 5.29. The van der Waals surface area contributed by atoms with Crippen molar-refractivity contribution in [2.45, 2.75) is 6.42 Å². The van der Waals surface area contributed by atoms with Crippen LogP contribution in [0.1, 0.15) is 11.1 Å². The molecule has 0 amide bonds. The van der Waals surface area contributed by atoms with Gasteiger partial charge >= 0.3 is 0 Å². The quantitative estimate of drug-likeness (QED) is 0.687. The van der Waals surface area contributed by atoms with Crippen molar-refractivity contribution < 1.29 is 0 Å². The van der Waals surface area contributed by atoms with Crippen molar-refractivity contribution in [1.82, 2.24) is 4.98 Å². The first-order valence-corrected chi connectivity index (χ1v) is 6.32. The van der Waals surface area contributed by atoms with Crippen LogP contribution >= 0.6 is 46.4 Å². The summed E-state index contributed by atoms with van der Waals surface area (Å²) < 4.78 is 0.